The molecule has 1 fully saturated rings. The number of likely N-dealkylation sites (tertiary alicyclic amines) is 1. The van der Waals surface area contributed by atoms with Gasteiger partial charge in [0.05, 0.1) is 6.04 Å². The van der Waals surface area contributed by atoms with Crippen LogP contribution in [0.25, 0.3) is 0 Å². The van der Waals surface area contributed by atoms with E-state index in [-0.39, 0.29) is 11.9 Å². The predicted octanol–water partition coefficient (Wildman–Crippen LogP) is -0.524. The van der Waals surface area contributed by atoms with Crippen molar-refractivity contribution in [3.63, 3.8) is 0 Å². The van der Waals surface area contributed by atoms with Crippen LogP contribution in [0.5, 0.6) is 0 Å². The van der Waals surface area contributed by atoms with Crippen LogP contribution < -0.4 is 11.1 Å². The fourth-order valence-electron chi connectivity index (χ4n) is 2.54. The summed E-state index contributed by atoms with van der Waals surface area (Å²) in [5.74, 6) is -0.254. The molecule has 1 heterocycles. The number of carbonyl (C=O) groups is 1. The molecule has 17 heavy (non-hydrogen) atoms. The van der Waals surface area contributed by atoms with Gasteiger partial charge in [-0.3, -0.25) is 9.69 Å². The second-order valence-electron chi connectivity index (χ2n) is 5.13. The monoisotopic (exact) mass is 242 g/mol. The van der Waals surface area contributed by atoms with Gasteiger partial charge in [0.25, 0.3) is 0 Å². The van der Waals surface area contributed by atoms with Gasteiger partial charge in [-0.1, -0.05) is 0 Å². The molecule has 0 aromatic rings. The molecule has 0 spiro atoms. The molecule has 100 valence electrons. The van der Waals surface area contributed by atoms with Crippen LogP contribution in [0.1, 0.15) is 19.3 Å². The van der Waals surface area contributed by atoms with Crippen molar-refractivity contribution < 1.29 is 4.79 Å². The first-order valence-corrected chi connectivity index (χ1v) is 6.40. The molecule has 2 atom stereocenters. The van der Waals surface area contributed by atoms with Crippen LogP contribution in [0.4, 0.5) is 0 Å². The molecule has 5 heteroatoms. The molecule has 0 radical (unpaired) electrons. The molecule has 0 bridgehead atoms. The zero-order valence-corrected chi connectivity index (χ0v) is 11.3. The molecular formula is C12H26N4O. The maximum absolute atomic E-state index is 11.1. The van der Waals surface area contributed by atoms with Crippen LogP contribution >= 0.6 is 0 Å². The molecule has 1 aliphatic rings. The van der Waals surface area contributed by atoms with Gasteiger partial charge in [0, 0.05) is 19.1 Å². The minimum absolute atomic E-state index is 0.199. The van der Waals surface area contributed by atoms with E-state index in [1.165, 1.54) is 12.8 Å². The first-order chi connectivity index (χ1) is 8.04. The van der Waals surface area contributed by atoms with Crippen molar-refractivity contribution in [2.45, 2.75) is 31.3 Å². The van der Waals surface area contributed by atoms with Crippen LogP contribution in [0.3, 0.4) is 0 Å². The molecule has 0 aliphatic carbocycles. The average molecular weight is 242 g/mol. The zero-order chi connectivity index (χ0) is 12.8. The van der Waals surface area contributed by atoms with Crippen molar-refractivity contribution >= 4 is 5.91 Å². The third kappa shape index (κ3) is 4.61. The Labute approximate surface area is 104 Å². The summed E-state index contributed by atoms with van der Waals surface area (Å²) in [6.45, 7) is 3.20. The number of nitrogens with zero attached hydrogens (tertiary/aromatic N) is 2. The Hall–Kier alpha value is -0.650. The van der Waals surface area contributed by atoms with Crippen molar-refractivity contribution in [1.29, 1.82) is 0 Å². The van der Waals surface area contributed by atoms with Gasteiger partial charge in [-0.05, 0) is 47.0 Å². The fourth-order valence-corrected chi connectivity index (χ4v) is 2.54. The quantitative estimate of drug-likeness (QED) is 0.630. The smallest absolute Gasteiger partial charge is 0.234 e. The topological polar surface area (TPSA) is 61.6 Å². The lowest BCUT2D eigenvalue weighted by Crippen LogP contribution is -2.44. The van der Waals surface area contributed by atoms with Crippen LogP contribution in [0.15, 0.2) is 0 Å². The van der Waals surface area contributed by atoms with Crippen molar-refractivity contribution in [3.8, 4) is 0 Å². The average Bonchev–Trinajstić information content (AvgIpc) is 2.65. The van der Waals surface area contributed by atoms with Crippen LogP contribution in [0.2, 0.25) is 0 Å². The normalized spacial score (nSPS) is 23.2. The lowest BCUT2D eigenvalue weighted by Gasteiger charge is -2.28. The zero-order valence-electron chi connectivity index (χ0n) is 11.3. The second kappa shape index (κ2) is 6.93. The van der Waals surface area contributed by atoms with Crippen LogP contribution in [0, 0.1) is 0 Å². The SMILES string of the molecule is CNC(CCN1CCCC1CN(C)C)C(N)=O. The van der Waals surface area contributed by atoms with Crippen molar-refractivity contribution in [1.82, 2.24) is 15.1 Å². The number of hydrogen-bond donors (Lipinski definition) is 2. The van der Waals surface area contributed by atoms with E-state index in [1.807, 2.05) is 0 Å². The number of likely N-dealkylation sites (N-methyl/N-ethyl adjacent to an activating group) is 2. The van der Waals surface area contributed by atoms with Crippen molar-refractivity contribution in [3.05, 3.63) is 0 Å². The number of carbonyl (C=O) groups excluding carboxylic acids is 1. The van der Waals surface area contributed by atoms with Crippen molar-refractivity contribution in [2.75, 3.05) is 40.8 Å². The molecule has 1 aliphatic heterocycles. The summed E-state index contributed by atoms with van der Waals surface area (Å²) >= 11 is 0. The third-order valence-corrected chi connectivity index (χ3v) is 3.47. The van der Waals surface area contributed by atoms with Gasteiger partial charge in [0.15, 0.2) is 0 Å². The standard InChI is InChI=1S/C12H26N4O/c1-14-11(12(13)17)6-8-16-7-4-5-10(16)9-15(2)3/h10-11,14H,4-9H2,1-3H3,(H2,13,17). The molecule has 1 amide bonds. The van der Waals surface area contributed by atoms with Crippen LogP contribution in [-0.2, 0) is 4.79 Å². The molecule has 1 rings (SSSR count). The van der Waals surface area contributed by atoms with Gasteiger partial charge in [-0.25, -0.2) is 0 Å². The number of rotatable bonds is 7. The van der Waals surface area contributed by atoms with E-state index >= 15 is 0 Å². The summed E-state index contributed by atoms with van der Waals surface area (Å²) in [5.41, 5.74) is 5.32. The maximum atomic E-state index is 11.1. The Morgan fingerprint density at radius 3 is 2.82 bits per heavy atom. The molecule has 1 saturated heterocycles. The molecule has 0 aromatic heterocycles. The van der Waals surface area contributed by atoms with E-state index in [0.29, 0.717) is 6.04 Å². The van der Waals surface area contributed by atoms with Gasteiger partial charge >= 0.3 is 0 Å². The summed E-state index contributed by atoms with van der Waals surface area (Å²) in [7, 11) is 6.00. The Morgan fingerprint density at radius 1 is 1.59 bits per heavy atom. The van der Waals surface area contributed by atoms with Gasteiger partial charge in [-0.15, -0.1) is 0 Å². The Balaban J connectivity index is 2.36. The molecule has 2 unspecified atom stereocenters. The van der Waals surface area contributed by atoms with E-state index in [9.17, 15) is 4.79 Å². The van der Waals surface area contributed by atoms with Gasteiger partial charge < -0.3 is 16.0 Å². The highest BCUT2D eigenvalue weighted by atomic mass is 16.1. The lowest BCUT2D eigenvalue weighted by atomic mass is 10.1. The van der Waals surface area contributed by atoms with Crippen LogP contribution in [-0.4, -0.2) is 68.6 Å². The molecule has 0 saturated carbocycles. The summed E-state index contributed by atoms with van der Waals surface area (Å²) < 4.78 is 0. The van der Waals surface area contributed by atoms with E-state index < -0.39 is 0 Å². The van der Waals surface area contributed by atoms with Gasteiger partial charge in [0.2, 0.25) is 5.91 Å². The number of amides is 1. The number of hydrogen-bond acceptors (Lipinski definition) is 4. The first-order valence-electron chi connectivity index (χ1n) is 6.40. The van der Waals surface area contributed by atoms with Gasteiger partial charge in [0.1, 0.15) is 0 Å². The van der Waals surface area contributed by atoms with E-state index in [0.717, 1.165) is 26.1 Å². The Morgan fingerprint density at radius 2 is 2.29 bits per heavy atom. The minimum Gasteiger partial charge on any atom is -0.368 e. The maximum Gasteiger partial charge on any atom is 0.234 e. The van der Waals surface area contributed by atoms with Gasteiger partial charge in [-0.2, -0.15) is 0 Å². The molecule has 5 nitrogen and oxygen atoms in total. The summed E-state index contributed by atoms with van der Waals surface area (Å²) in [6, 6.07) is 0.436. The lowest BCUT2D eigenvalue weighted by molar-refractivity contribution is -0.120. The first kappa shape index (κ1) is 14.4. The summed E-state index contributed by atoms with van der Waals surface area (Å²) in [6.07, 6.45) is 3.33. The Kier molecular flexibility index (Phi) is 5.88. The number of primary amides is 1. The Bertz CT molecular complexity index is 245. The largest absolute Gasteiger partial charge is 0.368 e. The summed E-state index contributed by atoms with van der Waals surface area (Å²) in [5, 5.41) is 2.97. The molecule has 0 aromatic carbocycles. The van der Waals surface area contributed by atoms with E-state index in [4.69, 9.17) is 5.73 Å². The van der Waals surface area contributed by atoms with E-state index in [1.54, 1.807) is 7.05 Å². The highest BCUT2D eigenvalue weighted by molar-refractivity contribution is 5.79. The highest BCUT2D eigenvalue weighted by Gasteiger charge is 2.25. The number of nitrogens with one attached hydrogen (secondary N) is 1. The molecule has 3 N–H and O–H groups in total. The highest BCUT2D eigenvalue weighted by Crippen LogP contribution is 2.18. The summed E-state index contributed by atoms with van der Waals surface area (Å²) in [4.78, 5) is 15.8. The minimum atomic E-state index is -0.254. The third-order valence-electron chi connectivity index (χ3n) is 3.47. The molecular weight excluding hydrogens is 216 g/mol. The fraction of sp³-hybridized carbons (Fsp3) is 0.917. The van der Waals surface area contributed by atoms with Crippen molar-refractivity contribution in [2.24, 2.45) is 5.73 Å². The van der Waals surface area contributed by atoms with E-state index in [2.05, 4.69) is 29.2 Å². The second-order valence-corrected chi connectivity index (χ2v) is 5.13. The predicted molar refractivity (Wildman–Crippen MR) is 69.8 cm³/mol. The number of nitrogens with two attached hydrogens (primary N) is 1.